The molecular weight excluding hydrogens is 1830 g/mol. The van der Waals surface area contributed by atoms with Gasteiger partial charge in [0.05, 0.1) is 109 Å². The largest absolute Gasteiger partial charge is 0.481 e. The molecule has 25 atom stereocenters. The molecule has 0 saturated carbocycles. The summed E-state index contributed by atoms with van der Waals surface area (Å²) in [5.41, 5.74) is 16.8. The molecule has 0 radical (unpaired) electrons. The van der Waals surface area contributed by atoms with E-state index in [1.165, 1.54) is 40.2 Å². The van der Waals surface area contributed by atoms with Crippen LogP contribution in [0.25, 0.3) is 0 Å². The summed E-state index contributed by atoms with van der Waals surface area (Å²) in [7, 11) is 0. The molecule has 1 rings (SSSR count). The number of carboxylic acid groups (broad SMARTS) is 1. The number of aliphatic carboxylic acids is 1. The molecule has 29 N–H and O–H groups in total. The Kier molecular flexibility index (Phi) is 60.6. The van der Waals surface area contributed by atoms with Gasteiger partial charge in [-0.25, -0.2) is 4.98 Å². The van der Waals surface area contributed by atoms with Crippen LogP contribution in [0.2, 0.25) is 0 Å². The van der Waals surface area contributed by atoms with Gasteiger partial charge < -0.3 is 123 Å². The number of carboxylic acids is 1. The van der Waals surface area contributed by atoms with Crippen molar-refractivity contribution in [3.63, 3.8) is 0 Å². The van der Waals surface area contributed by atoms with Crippen LogP contribution in [0, 0.1) is 34.5 Å². The summed E-state index contributed by atoms with van der Waals surface area (Å²) >= 11 is 0. The fourth-order valence-electron chi connectivity index (χ4n) is 13.7. The molecule has 0 aliphatic carbocycles. The fourth-order valence-corrected chi connectivity index (χ4v) is 13.7. The van der Waals surface area contributed by atoms with E-state index < -0.39 is 290 Å². The Labute approximate surface area is 804 Å². The molecule has 0 bridgehead atoms. The number of Topliss-reactive ketones (excluding diaryl/α,β-unsaturated/α-hetero) is 6. The van der Waals surface area contributed by atoms with E-state index in [0.717, 1.165) is 6.92 Å². The molecule has 0 spiro atoms. The minimum absolute atomic E-state index is 0.0135. The van der Waals surface area contributed by atoms with Gasteiger partial charge in [0.15, 0.2) is 46.6 Å². The molecule has 52 heteroatoms. The summed E-state index contributed by atoms with van der Waals surface area (Å²) < 4.78 is 0. The average Bonchev–Trinajstić information content (AvgIpc) is 1.39. The third kappa shape index (κ3) is 48.6. The topological polar surface area (TPSA) is 830 Å². The molecule has 0 aliphatic rings. The number of amides is 7. The van der Waals surface area contributed by atoms with Crippen LogP contribution in [0.3, 0.4) is 0 Å². The zero-order chi connectivity index (χ0) is 105. The molecule has 1 aromatic heterocycles. The Balaban J connectivity index is 4.70. The van der Waals surface area contributed by atoms with Gasteiger partial charge in [0.25, 0.3) is 0 Å². The summed E-state index contributed by atoms with van der Waals surface area (Å²) in [5.74, 6) is -20.3. The first-order valence-electron chi connectivity index (χ1n) is 45.7. The summed E-state index contributed by atoms with van der Waals surface area (Å²) in [4.78, 5) is 349. The van der Waals surface area contributed by atoms with Crippen LogP contribution in [0.4, 0.5) is 0 Å². The van der Waals surface area contributed by atoms with E-state index >= 15 is 38.4 Å². The maximum Gasteiger partial charge on any atom is 0.305 e. The second-order valence-electron chi connectivity index (χ2n) is 34.2. The number of aromatic amines is 1. The van der Waals surface area contributed by atoms with Crippen LogP contribution in [-0.2, 0) is 126 Å². The van der Waals surface area contributed by atoms with Gasteiger partial charge in [-0.1, -0.05) is 81.6 Å². The standard InChI is InChI=1S/C87H142N26O26/c1-13-46(7)64(41-122)106-62(30-69(128)77(99-51(12)125)105-58(40-121)26-74(133)134)85(139)113-80(108-66(43-124)48(9)15-3)72(131)28-60(101-53(36-117)20-18-22-95-87(91)92)82(136)112-79(104-57(39-120)25-73(88)132)71(130)31-63(107-65(42-123)47(8)14-2)84(138)110-76(98-50(11)34-115)68(127)27-59(100-52(35-116)19-17-21-94-86(89)90)81(135)111-78(103-56(38-119)24-54-32-93-44-96-54)70(129)29-61(102-55(37-118)23-45(5)6)83(137)109-75(67(126)16-4)97-49(10)33-114/h32-50,52-53,55-66,75-80,97-98,100-108H,13-31H2,1-12H3,(H2,88,132)(H,93,96)(H,99,125)(H,109,137)(H,110,138)(H,111,135)(H,112,136)(H,113,139)(H,133,134)(H4,89,90,94)(H4,91,92,95)/t46-,47-,48-,49-,50-,52-,53-,55-,56-,57-,58-,59+,60+,61+,62+,63+,64+,65+,66+,75+,76+,77-,78+,79+,80+/m0/s1. The highest BCUT2D eigenvalue weighted by Crippen LogP contribution is 2.17. The number of carbonyl (C=O) groups is 25. The molecule has 0 aromatic carbocycles. The van der Waals surface area contributed by atoms with Crippen LogP contribution >= 0.6 is 0 Å². The van der Waals surface area contributed by atoms with Crippen molar-refractivity contribution in [2.45, 2.75) is 326 Å². The van der Waals surface area contributed by atoms with Gasteiger partial charge in [0.1, 0.15) is 106 Å². The quantitative estimate of drug-likeness (QED) is 0.00947. The second-order valence-corrected chi connectivity index (χ2v) is 34.2. The molecule has 1 heterocycles. The van der Waals surface area contributed by atoms with Crippen molar-refractivity contribution in [3.05, 3.63) is 18.2 Å². The zero-order valence-corrected chi connectivity index (χ0v) is 80.3. The summed E-state index contributed by atoms with van der Waals surface area (Å²) in [6, 6.07) is -25.6. The Morgan fingerprint density at radius 1 is 0.374 bits per heavy atom. The number of guanidine groups is 2. The third-order valence-electron chi connectivity index (χ3n) is 22.2. The Morgan fingerprint density at radius 2 is 0.683 bits per heavy atom. The molecule has 1 aromatic rings. The molecule has 0 fully saturated rings. The number of hydrogen-bond donors (Lipinski definition) is 26. The van der Waals surface area contributed by atoms with Crippen LogP contribution < -0.4 is 118 Å². The van der Waals surface area contributed by atoms with Gasteiger partial charge in [0, 0.05) is 83.3 Å². The molecule has 776 valence electrons. The summed E-state index contributed by atoms with van der Waals surface area (Å²) in [5, 5.41) is 73.4. The number of nitrogens with zero attached hydrogens (tertiary/aromatic N) is 1. The van der Waals surface area contributed by atoms with Gasteiger partial charge in [-0.2, -0.15) is 0 Å². The number of H-pyrrole nitrogens is 1. The minimum atomic E-state index is -2.38. The number of nitrogens with two attached hydrogens (primary N) is 3. The van der Waals surface area contributed by atoms with E-state index in [2.05, 4.69) is 111 Å². The molecule has 7 amide bonds. The monoisotopic (exact) mass is 1970 g/mol. The zero-order valence-electron chi connectivity index (χ0n) is 80.3. The first-order chi connectivity index (χ1) is 65.7. The Bertz CT molecular complexity index is 4260. The van der Waals surface area contributed by atoms with Crippen molar-refractivity contribution in [2.75, 3.05) is 13.1 Å². The van der Waals surface area contributed by atoms with Crippen molar-refractivity contribution in [1.29, 1.82) is 10.8 Å². The molecule has 0 saturated heterocycles. The maximum absolute atomic E-state index is 15.6. The van der Waals surface area contributed by atoms with Crippen LogP contribution in [0.1, 0.15) is 192 Å². The lowest BCUT2D eigenvalue weighted by Crippen LogP contribution is -2.64. The highest BCUT2D eigenvalue weighted by Gasteiger charge is 2.42. The second kappa shape index (κ2) is 67.7. The van der Waals surface area contributed by atoms with Gasteiger partial charge in [0.2, 0.25) is 41.4 Å². The Morgan fingerprint density at radius 3 is 0.971 bits per heavy atom. The number of aromatic nitrogens is 2. The van der Waals surface area contributed by atoms with Crippen molar-refractivity contribution in [2.24, 2.45) is 40.9 Å². The lowest BCUT2D eigenvalue weighted by molar-refractivity contribution is -0.139. The van der Waals surface area contributed by atoms with Crippen LogP contribution in [0.5, 0.6) is 0 Å². The lowest BCUT2D eigenvalue weighted by atomic mass is 9.97. The molecule has 0 unspecified atom stereocenters. The van der Waals surface area contributed by atoms with Crippen LogP contribution in [0.15, 0.2) is 12.5 Å². The average molecular weight is 1970 g/mol. The van der Waals surface area contributed by atoms with E-state index in [1.54, 1.807) is 48.5 Å². The van der Waals surface area contributed by atoms with Crippen LogP contribution in [-0.4, -0.2) is 325 Å². The van der Waals surface area contributed by atoms with Crippen molar-refractivity contribution in [1.82, 2.24) is 111 Å². The predicted octanol–water partition coefficient (Wildman–Crippen LogP) is -8.93. The molecule has 0 aliphatic heterocycles. The highest BCUT2D eigenvalue weighted by molar-refractivity contribution is 6.02. The van der Waals surface area contributed by atoms with E-state index in [-0.39, 0.29) is 108 Å². The normalized spacial score (nSPS) is 16.7. The highest BCUT2D eigenvalue weighted by atomic mass is 16.4. The first kappa shape index (κ1) is 124. The predicted molar refractivity (Wildman–Crippen MR) is 498 cm³/mol. The number of rotatable bonds is 83. The number of aldehydes is 11. The fraction of sp³-hybridized carbons (Fsp3) is 0.655. The van der Waals surface area contributed by atoms with Gasteiger partial charge in [-0.15, -0.1) is 0 Å². The summed E-state index contributed by atoms with van der Waals surface area (Å²) in [6.45, 7) is 17.9. The number of imidazole rings is 1. The number of ketones is 6. The van der Waals surface area contributed by atoms with Crippen molar-refractivity contribution >= 4 is 163 Å². The van der Waals surface area contributed by atoms with E-state index in [9.17, 15) is 86.6 Å². The van der Waals surface area contributed by atoms with E-state index in [0.29, 0.717) is 49.7 Å². The number of primary amides is 1. The first-order valence-corrected chi connectivity index (χ1v) is 45.7. The SMILES string of the molecule is CCC(=O)[C@@H](NC(=O)[C@@H](CC(=O)[C@@H](NC(=O)[C@@H](CC(=O)[C@@H](NC(=O)[C@@H](CC(=O)[C@@H](NC(=O)[C@@H](CC(=O)[C@@H](NC(=O)[C@@H](CC(=O)[C@@H](NC(C)=O)N[C@H](C=O)CC(=O)O)N[C@H](C=O)[C@@H](C)CC)N[C@H](C=O)[C@@H](C)CC)N[C@H](C=O)CCCNC(=N)N)N[C@H](C=O)CC(N)=O)N[C@H](C=O)[C@@H](C)CC)N[C@@H](C)C=O)N[C@H](C=O)CCCNC(=N)N)N[C@H](C=O)Cc1cnc[nH]1)N[C@H](C=O)CC(C)C)N[C@@H](C)C=O. The van der Waals surface area contributed by atoms with Gasteiger partial charge in [-0.3, -0.25) is 136 Å². The van der Waals surface area contributed by atoms with Gasteiger partial charge >= 0.3 is 5.97 Å². The van der Waals surface area contributed by atoms with E-state index in [4.69, 9.17) is 28.0 Å². The van der Waals surface area contributed by atoms with Crippen molar-refractivity contribution < 1.29 is 125 Å². The number of carbonyl (C=O) groups excluding carboxylic acids is 24. The van der Waals surface area contributed by atoms with E-state index in [1.807, 2.05) is 0 Å². The smallest absolute Gasteiger partial charge is 0.305 e. The summed E-state index contributed by atoms with van der Waals surface area (Å²) in [6.07, 6.45) is -14.1. The molecule has 139 heavy (non-hydrogen) atoms. The maximum atomic E-state index is 15.6. The molecular formula is C87H142N26O26. The molecule has 52 nitrogen and oxygen atoms in total. The minimum Gasteiger partial charge on any atom is -0.481 e. The lowest BCUT2D eigenvalue weighted by Gasteiger charge is -2.32. The Hall–Kier alpha value is -12.5. The van der Waals surface area contributed by atoms with Crippen molar-refractivity contribution in [3.8, 4) is 0 Å². The van der Waals surface area contributed by atoms with Gasteiger partial charge in [-0.05, 0) is 69.6 Å². The third-order valence-corrected chi connectivity index (χ3v) is 22.2. The number of nitrogens with one attached hydrogen (secondary N) is 22. The number of hydrogen-bond acceptors (Lipinski definition) is 39.